The number of ketones is 1. The molecule has 0 amide bonds. The summed E-state index contributed by atoms with van der Waals surface area (Å²) in [6.45, 7) is 2.63. The predicted molar refractivity (Wildman–Crippen MR) is 53.3 cm³/mol. The molecule has 4 nitrogen and oxygen atoms in total. The van der Waals surface area contributed by atoms with Crippen molar-refractivity contribution in [3.63, 3.8) is 0 Å². The van der Waals surface area contributed by atoms with Gasteiger partial charge in [-0.3, -0.25) is 4.79 Å². The zero-order chi connectivity index (χ0) is 10.8. The molecule has 1 atom stereocenters. The lowest BCUT2D eigenvalue weighted by molar-refractivity contribution is 0.101. The molecule has 0 saturated carbocycles. The van der Waals surface area contributed by atoms with E-state index in [-0.39, 0.29) is 23.2 Å². The van der Waals surface area contributed by atoms with Crippen molar-refractivity contribution >= 4 is 5.78 Å². The van der Waals surface area contributed by atoms with Crippen molar-refractivity contribution < 1.29 is 19.4 Å². The molecule has 1 saturated heterocycles. The largest absolute Gasteiger partial charge is 0.507 e. The molecule has 1 aromatic carbocycles. The second-order valence-corrected chi connectivity index (χ2v) is 3.50. The Bertz CT molecular complexity index is 382. The Morgan fingerprint density at radius 1 is 1.67 bits per heavy atom. The minimum atomic E-state index is -0.180. The third kappa shape index (κ3) is 2.47. The van der Waals surface area contributed by atoms with Gasteiger partial charge in [0.25, 0.3) is 0 Å². The second-order valence-electron chi connectivity index (χ2n) is 3.50. The fourth-order valence-electron chi connectivity index (χ4n) is 1.24. The second kappa shape index (κ2) is 3.90. The van der Waals surface area contributed by atoms with E-state index in [0.29, 0.717) is 12.4 Å². The number of hydrogen-bond donors (Lipinski definition) is 1. The summed E-state index contributed by atoms with van der Waals surface area (Å²) in [5.41, 5.74) is 0.282. The van der Waals surface area contributed by atoms with Crippen LogP contribution in [0.15, 0.2) is 18.2 Å². The lowest BCUT2D eigenvalue weighted by atomic mass is 10.1. The van der Waals surface area contributed by atoms with E-state index in [1.807, 2.05) is 0 Å². The molecule has 0 radical (unpaired) electrons. The van der Waals surface area contributed by atoms with Gasteiger partial charge in [0, 0.05) is 0 Å². The number of rotatable bonds is 4. The lowest BCUT2D eigenvalue weighted by Gasteiger charge is -2.06. The number of hydrogen-bond acceptors (Lipinski definition) is 4. The minimum Gasteiger partial charge on any atom is -0.507 e. The summed E-state index contributed by atoms with van der Waals surface area (Å²) in [6.07, 6.45) is 0.180. The predicted octanol–water partition coefficient (Wildman–Crippen LogP) is 1.37. The molecule has 1 aliphatic rings. The van der Waals surface area contributed by atoms with Gasteiger partial charge in [0.05, 0.1) is 12.2 Å². The Kier molecular flexibility index (Phi) is 2.60. The number of epoxide rings is 1. The lowest BCUT2D eigenvalue weighted by Crippen LogP contribution is -2.04. The zero-order valence-corrected chi connectivity index (χ0v) is 8.40. The highest BCUT2D eigenvalue weighted by molar-refractivity contribution is 5.97. The topological polar surface area (TPSA) is 59.1 Å². The van der Waals surface area contributed by atoms with E-state index >= 15 is 0 Å². The molecule has 80 valence electrons. The molecular formula is C11H12O4. The number of benzene rings is 1. The molecule has 0 aliphatic carbocycles. The quantitative estimate of drug-likeness (QED) is 0.599. The SMILES string of the molecule is CC(=O)c1cc(OCC2CO2)ccc1O. The van der Waals surface area contributed by atoms with Crippen LogP contribution in [0, 0.1) is 0 Å². The zero-order valence-electron chi connectivity index (χ0n) is 8.40. The Morgan fingerprint density at radius 3 is 3.00 bits per heavy atom. The standard InChI is InChI=1S/C11H12O4/c1-7(12)10-4-8(2-3-11(10)13)14-5-9-6-15-9/h2-4,9,13H,5-6H2,1H3. The van der Waals surface area contributed by atoms with E-state index in [1.54, 1.807) is 12.1 Å². The van der Waals surface area contributed by atoms with Crippen LogP contribution in [-0.2, 0) is 4.74 Å². The molecule has 1 aromatic rings. The first-order valence-corrected chi connectivity index (χ1v) is 4.75. The van der Waals surface area contributed by atoms with Crippen LogP contribution in [0.1, 0.15) is 17.3 Å². The van der Waals surface area contributed by atoms with Gasteiger partial charge in [-0.15, -0.1) is 0 Å². The molecule has 2 rings (SSSR count). The Balaban J connectivity index is 2.10. The maximum Gasteiger partial charge on any atom is 0.163 e. The number of ether oxygens (including phenoxy) is 2. The van der Waals surface area contributed by atoms with E-state index in [4.69, 9.17) is 9.47 Å². The fourth-order valence-corrected chi connectivity index (χ4v) is 1.24. The Labute approximate surface area is 87.4 Å². The first kappa shape index (κ1) is 9.98. The number of carbonyl (C=O) groups is 1. The van der Waals surface area contributed by atoms with Gasteiger partial charge in [-0.2, -0.15) is 0 Å². The van der Waals surface area contributed by atoms with Gasteiger partial charge in [-0.05, 0) is 25.1 Å². The fraction of sp³-hybridized carbons (Fsp3) is 0.364. The average Bonchev–Trinajstić information content (AvgIpc) is 3.00. The van der Waals surface area contributed by atoms with Crippen LogP contribution in [0.25, 0.3) is 0 Å². The summed E-state index contributed by atoms with van der Waals surface area (Å²) in [4.78, 5) is 11.1. The van der Waals surface area contributed by atoms with Crippen molar-refractivity contribution in [2.45, 2.75) is 13.0 Å². The summed E-state index contributed by atoms with van der Waals surface area (Å²) < 4.78 is 10.4. The molecule has 1 fully saturated rings. The number of Topliss-reactive ketones (excluding diaryl/α,β-unsaturated/α-hetero) is 1. The van der Waals surface area contributed by atoms with Gasteiger partial charge in [-0.1, -0.05) is 0 Å². The minimum absolute atomic E-state index is 0.0162. The first-order valence-electron chi connectivity index (χ1n) is 4.75. The molecule has 0 spiro atoms. The highest BCUT2D eigenvalue weighted by atomic mass is 16.6. The van der Waals surface area contributed by atoms with Gasteiger partial charge >= 0.3 is 0 Å². The highest BCUT2D eigenvalue weighted by Crippen LogP contribution is 2.24. The molecule has 1 aliphatic heterocycles. The van der Waals surface area contributed by atoms with Crippen molar-refractivity contribution in [3.05, 3.63) is 23.8 Å². The van der Waals surface area contributed by atoms with Crippen LogP contribution in [0.5, 0.6) is 11.5 Å². The maximum absolute atomic E-state index is 11.1. The molecule has 1 N–H and O–H groups in total. The Morgan fingerprint density at radius 2 is 2.40 bits per heavy atom. The smallest absolute Gasteiger partial charge is 0.163 e. The van der Waals surface area contributed by atoms with E-state index in [1.165, 1.54) is 13.0 Å². The summed E-state index contributed by atoms with van der Waals surface area (Å²) in [5, 5.41) is 9.39. The van der Waals surface area contributed by atoms with Crippen LogP contribution in [0.4, 0.5) is 0 Å². The van der Waals surface area contributed by atoms with Crippen molar-refractivity contribution in [2.75, 3.05) is 13.2 Å². The Hall–Kier alpha value is -1.55. The van der Waals surface area contributed by atoms with Gasteiger partial charge in [-0.25, -0.2) is 0 Å². The number of phenols is 1. The van der Waals surface area contributed by atoms with Crippen molar-refractivity contribution in [2.24, 2.45) is 0 Å². The van der Waals surface area contributed by atoms with Crippen molar-refractivity contribution in [1.82, 2.24) is 0 Å². The third-order valence-corrected chi connectivity index (χ3v) is 2.19. The molecule has 15 heavy (non-hydrogen) atoms. The molecule has 4 heteroatoms. The molecule has 0 bridgehead atoms. The van der Waals surface area contributed by atoms with Gasteiger partial charge < -0.3 is 14.6 Å². The number of carbonyl (C=O) groups excluding carboxylic acids is 1. The van der Waals surface area contributed by atoms with E-state index in [0.717, 1.165) is 6.61 Å². The van der Waals surface area contributed by atoms with Crippen LogP contribution in [0.3, 0.4) is 0 Å². The number of phenolic OH excluding ortho intramolecular Hbond substituents is 1. The van der Waals surface area contributed by atoms with E-state index in [9.17, 15) is 9.90 Å². The third-order valence-electron chi connectivity index (χ3n) is 2.19. The van der Waals surface area contributed by atoms with Crippen LogP contribution in [-0.4, -0.2) is 30.2 Å². The summed E-state index contributed by atoms with van der Waals surface area (Å²) in [5.74, 6) is 0.381. The van der Waals surface area contributed by atoms with Crippen LogP contribution < -0.4 is 4.74 Å². The van der Waals surface area contributed by atoms with Gasteiger partial charge in [0.15, 0.2) is 5.78 Å². The summed E-state index contributed by atoms with van der Waals surface area (Å²) in [6, 6.07) is 4.63. The van der Waals surface area contributed by atoms with Crippen LogP contribution in [0.2, 0.25) is 0 Å². The molecule has 1 heterocycles. The van der Waals surface area contributed by atoms with E-state index < -0.39 is 0 Å². The average molecular weight is 208 g/mol. The normalized spacial score (nSPS) is 18.6. The molecule has 0 aromatic heterocycles. The monoisotopic (exact) mass is 208 g/mol. The molecule has 1 unspecified atom stereocenters. The van der Waals surface area contributed by atoms with Gasteiger partial charge in [0.2, 0.25) is 0 Å². The highest BCUT2D eigenvalue weighted by Gasteiger charge is 2.23. The van der Waals surface area contributed by atoms with E-state index in [2.05, 4.69) is 0 Å². The summed E-state index contributed by atoms with van der Waals surface area (Å²) >= 11 is 0. The van der Waals surface area contributed by atoms with Crippen molar-refractivity contribution in [3.8, 4) is 11.5 Å². The molecular weight excluding hydrogens is 196 g/mol. The maximum atomic E-state index is 11.1. The first-order chi connectivity index (χ1) is 7.16. The summed E-state index contributed by atoms with van der Waals surface area (Å²) in [7, 11) is 0. The van der Waals surface area contributed by atoms with Crippen molar-refractivity contribution in [1.29, 1.82) is 0 Å². The van der Waals surface area contributed by atoms with Gasteiger partial charge in [0.1, 0.15) is 24.2 Å². The van der Waals surface area contributed by atoms with Crippen LogP contribution >= 0.6 is 0 Å². The number of aromatic hydroxyl groups is 1.